The van der Waals surface area contributed by atoms with Gasteiger partial charge in [0.2, 0.25) is 0 Å². The summed E-state index contributed by atoms with van der Waals surface area (Å²) in [6.45, 7) is 3.92. The van der Waals surface area contributed by atoms with Crippen LogP contribution in [0.5, 0.6) is 11.5 Å². The number of nitrogens with zero attached hydrogens (tertiary/aromatic N) is 1. The van der Waals surface area contributed by atoms with Crippen LogP contribution >= 0.6 is 11.8 Å². The minimum atomic E-state index is -0.525. The number of nitrogens with one attached hydrogen (secondary N) is 1. The van der Waals surface area contributed by atoms with Gasteiger partial charge in [-0.2, -0.15) is 0 Å². The number of amides is 3. The van der Waals surface area contributed by atoms with Crippen LogP contribution in [0.4, 0.5) is 9.18 Å². The monoisotopic (exact) mass is 456 g/mol. The van der Waals surface area contributed by atoms with Crippen molar-refractivity contribution in [2.45, 2.75) is 0 Å². The molecule has 1 aliphatic rings. The second-order valence-electron chi connectivity index (χ2n) is 6.58. The summed E-state index contributed by atoms with van der Waals surface area (Å²) in [5.74, 6) is -0.537. The first-order chi connectivity index (χ1) is 15.4. The Hall–Kier alpha value is -3.59. The van der Waals surface area contributed by atoms with E-state index in [4.69, 9.17) is 9.47 Å². The van der Waals surface area contributed by atoms with E-state index in [-0.39, 0.29) is 23.6 Å². The number of carbonyl (C=O) groups excluding carboxylic acids is 3. The molecule has 2 aromatic carbocycles. The van der Waals surface area contributed by atoms with Crippen molar-refractivity contribution in [2.75, 3.05) is 26.8 Å². The molecule has 3 amide bonds. The van der Waals surface area contributed by atoms with Gasteiger partial charge in [-0.25, -0.2) is 4.39 Å². The Labute approximate surface area is 188 Å². The van der Waals surface area contributed by atoms with E-state index in [1.807, 2.05) is 0 Å². The van der Waals surface area contributed by atoms with E-state index in [0.29, 0.717) is 23.7 Å². The number of methoxy groups -OCH3 is 1. The van der Waals surface area contributed by atoms with E-state index >= 15 is 0 Å². The molecule has 0 aromatic heterocycles. The lowest BCUT2D eigenvalue weighted by molar-refractivity contribution is -0.122. The average molecular weight is 456 g/mol. The fraction of sp³-hybridized carbons (Fsp3) is 0.174. The quantitative estimate of drug-likeness (QED) is 0.456. The van der Waals surface area contributed by atoms with Crippen LogP contribution in [0.2, 0.25) is 0 Å². The largest absolute Gasteiger partial charge is 0.493 e. The Morgan fingerprint density at radius 2 is 2.00 bits per heavy atom. The average Bonchev–Trinajstić information content (AvgIpc) is 3.06. The minimum absolute atomic E-state index is 0.0112. The number of carbonyl (C=O) groups is 3. The van der Waals surface area contributed by atoms with Crippen molar-refractivity contribution in [1.29, 1.82) is 0 Å². The Bertz CT molecular complexity index is 1090. The van der Waals surface area contributed by atoms with Crippen molar-refractivity contribution in [1.82, 2.24) is 10.2 Å². The summed E-state index contributed by atoms with van der Waals surface area (Å²) in [5.41, 5.74) is 0.558. The summed E-state index contributed by atoms with van der Waals surface area (Å²) in [6.07, 6.45) is 2.94. The molecule has 0 bridgehead atoms. The molecule has 0 radical (unpaired) electrons. The van der Waals surface area contributed by atoms with Crippen molar-refractivity contribution in [3.05, 3.63) is 77.0 Å². The van der Waals surface area contributed by atoms with Gasteiger partial charge in [0.05, 0.1) is 12.0 Å². The van der Waals surface area contributed by atoms with Crippen LogP contribution in [0, 0.1) is 5.82 Å². The fourth-order valence-corrected chi connectivity index (χ4v) is 3.74. The van der Waals surface area contributed by atoms with Crippen molar-refractivity contribution in [3.8, 4) is 11.5 Å². The van der Waals surface area contributed by atoms with Gasteiger partial charge in [0.1, 0.15) is 12.4 Å². The molecular weight excluding hydrogens is 435 g/mol. The molecule has 0 aliphatic carbocycles. The maximum Gasteiger partial charge on any atom is 0.293 e. The summed E-state index contributed by atoms with van der Waals surface area (Å²) in [6, 6.07) is 10.7. The number of benzene rings is 2. The smallest absolute Gasteiger partial charge is 0.293 e. The van der Waals surface area contributed by atoms with Gasteiger partial charge < -0.3 is 14.8 Å². The van der Waals surface area contributed by atoms with Gasteiger partial charge in [-0.05, 0) is 42.1 Å². The standard InChI is InChI=1S/C23H21FN2O5S/c1-3-12-31-18-9-8-16(13-19(18)30-2)21(27)25-10-11-26-22(28)20(32-23(26)29)14-15-6-4-5-7-17(15)24/h3-9,13-14H,1,10-12H2,2H3,(H,25,27)/b20-14-. The summed E-state index contributed by atoms with van der Waals surface area (Å²) in [5, 5.41) is 2.19. The number of imide groups is 1. The number of rotatable bonds is 9. The molecule has 7 nitrogen and oxygen atoms in total. The van der Waals surface area contributed by atoms with Gasteiger partial charge in [0.25, 0.3) is 17.1 Å². The number of hydrogen-bond donors (Lipinski definition) is 1. The number of hydrogen-bond acceptors (Lipinski definition) is 6. The first-order valence-electron chi connectivity index (χ1n) is 9.64. The molecule has 1 heterocycles. The summed E-state index contributed by atoms with van der Waals surface area (Å²) >= 11 is 0.735. The molecule has 2 aromatic rings. The zero-order valence-electron chi connectivity index (χ0n) is 17.3. The third-order valence-corrected chi connectivity index (χ3v) is 5.38. The highest BCUT2D eigenvalue weighted by Crippen LogP contribution is 2.32. The predicted molar refractivity (Wildman–Crippen MR) is 120 cm³/mol. The predicted octanol–water partition coefficient (Wildman–Crippen LogP) is 3.87. The normalized spacial score (nSPS) is 14.6. The zero-order chi connectivity index (χ0) is 23.1. The highest BCUT2D eigenvalue weighted by atomic mass is 32.2. The summed E-state index contributed by atoms with van der Waals surface area (Å²) in [4.78, 5) is 38.3. The fourth-order valence-electron chi connectivity index (χ4n) is 2.89. The highest BCUT2D eigenvalue weighted by molar-refractivity contribution is 8.18. The van der Waals surface area contributed by atoms with Gasteiger partial charge >= 0.3 is 0 Å². The maximum absolute atomic E-state index is 13.8. The molecule has 1 N–H and O–H groups in total. The minimum Gasteiger partial charge on any atom is -0.493 e. The molecule has 0 saturated carbocycles. The Morgan fingerprint density at radius 3 is 2.72 bits per heavy atom. The van der Waals surface area contributed by atoms with E-state index in [0.717, 1.165) is 16.7 Å². The van der Waals surface area contributed by atoms with E-state index in [9.17, 15) is 18.8 Å². The maximum atomic E-state index is 13.8. The molecule has 0 spiro atoms. The van der Waals surface area contributed by atoms with Gasteiger partial charge in [-0.15, -0.1) is 0 Å². The molecular formula is C23H21FN2O5S. The van der Waals surface area contributed by atoms with Gasteiger partial charge in [-0.3, -0.25) is 19.3 Å². The van der Waals surface area contributed by atoms with Gasteiger partial charge in [0, 0.05) is 24.2 Å². The van der Waals surface area contributed by atoms with Crippen molar-refractivity contribution >= 4 is 34.9 Å². The van der Waals surface area contributed by atoms with Crippen LogP contribution in [0.1, 0.15) is 15.9 Å². The zero-order valence-corrected chi connectivity index (χ0v) is 18.1. The summed E-state index contributed by atoms with van der Waals surface area (Å²) < 4.78 is 24.5. The van der Waals surface area contributed by atoms with E-state index < -0.39 is 22.9 Å². The van der Waals surface area contributed by atoms with Crippen LogP contribution < -0.4 is 14.8 Å². The lowest BCUT2D eigenvalue weighted by Crippen LogP contribution is -2.37. The van der Waals surface area contributed by atoms with Gasteiger partial charge in [-0.1, -0.05) is 30.9 Å². The molecule has 9 heteroatoms. The molecule has 0 atom stereocenters. The number of halogens is 1. The topological polar surface area (TPSA) is 84.9 Å². The van der Waals surface area contributed by atoms with E-state index in [2.05, 4.69) is 11.9 Å². The molecule has 1 fully saturated rings. The molecule has 166 valence electrons. The second-order valence-corrected chi connectivity index (χ2v) is 7.57. The number of thioether (sulfide) groups is 1. The molecule has 1 saturated heterocycles. The van der Waals surface area contributed by atoms with Crippen molar-refractivity contribution in [3.63, 3.8) is 0 Å². The van der Waals surface area contributed by atoms with Crippen molar-refractivity contribution < 1.29 is 28.2 Å². The third-order valence-electron chi connectivity index (χ3n) is 4.47. The van der Waals surface area contributed by atoms with E-state index in [1.54, 1.807) is 30.3 Å². The second kappa shape index (κ2) is 10.6. The lowest BCUT2D eigenvalue weighted by atomic mass is 10.2. The highest BCUT2D eigenvalue weighted by Gasteiger charge is 2.34. The van der Waals surface area contributed by atoms with Crippen molar-refractivity contribution in [2.24, 2.45) is 0 Å². The van der Waals surface area contributed by atoms with Crippen LogP contribution in [-0.4, -0.2) is 48.8 Å². The summed E-state index contributed by atoms with van der Waals surface area (Å²) in [7, 11) is 1.46. The number of ether oxygens (including phenoxy) is 2. The van der Waals surface area contributed by atoms with Crippen LogP contribution in [0.25, 0.3) is 6.08 Å². The van der Waals surface area contributed by atoms with E-state index in [1.165, 1.54) is 31.4 Å². The Kier molecular flexibility index (Phi) is 7.67. The Morgan fingerprint density at radius 1 is 1.22 bits per heavy atom. The third kappa shape index (κ3) is 5.36. The Balaban J connectivity index is 1.59. The first-order valence-corrected chi connectivity index (χ1v) is 10.5. The molecule has 32 heavy (non-hydrogen) atoms. The van der Waals surface area contributed by atoms with Crippen LogP contribution in [0.3, 0.4) is 0 Å². The molecule has 0 unspecified atom stereocenters. The lowest BCUT2D eigenvalue weighted by Gasteiger charge is -2.14. The first kappa shape index (κ1) is 23.1. The van der Waals surface area contributed by atoms with Gasteiger partial charge in [0.15, 0.2) is 11.5 Å². The van der Waals surface area contributed by atoms with Crippen LogP contribution in [-0.2, 0) is 4.79 Å². The SMILES string of the molecule is C=CCOc1ccc(C(=O)NCCN2C(=O)S/C(=C\c3ccccc3F)C2=O)cc1OC. The molecule has 3 rings (SSSR count). The van der Waals surface area contributed by atoms with Crippen LogP contribution in [0.15, 0.2) is 60.0 Å². The molecule has 1 aliphatic heterocycles.